The smallest absolute Gasteiger partial charge is 0.217 e. The highest BCUT2D eigenvalue weighted by Gasteiger charge is 1.99. The van der Waals surface area contributed by atoms with Crippen molar-refractivity contribution in [3.05, 3.63) is 23.9 Å². The van der Waals surface area contributed by atoms with E-state index < -0.39 is 0 Å². The Hall–Kier alpha value is -0.320. The van der Waals surface area contributed by atoms with Crippen molar-refractivity contribution >= 4 is 22.6 Å². The quantitative estimate of drug-likeness (QED) is 0.617. The topological polar surface area (TPSA) is 22.1 Å². The molecule has 0 aromatic carbocycles. The van der Waals surface area contributed by atoms with Crippen molar-refractivity contribution in [2.24, 2.45) is 0 Å². The minimum atomic E-state index is 0.681. The maximum absolute atomic E-state index is 5.31. The van der Waals surface area contributed by atoms with Gasteiger partial charge in [-0.15, -0.1) is 0 Å². The third kappa shape index (κ3) is 2.32. The molecule has 0 saturated heterocycles. The molecule has 0 aliphatic carbocycles. The lowest BCUT2D eigenvalue weighted by molar-refractivity contribution is 0.324. The summed E-state index contributed by atoms with van der Waals surface area (Å²) in [5.41, 5.74) is 1.16. The molecule has 3 heteroatoms. The van der Waals surface area contributed by atoms with Crippen LogP contribution in [0.3, 0.4) is 0 Å². The molecule has 11 heavy (non-hydrogen) atoms. The second-order valence-corrected chi connectivity index (χ2v) is 2.80. The number of alkyl halides is 1. The van der Waals surface area contributed by atoms with Crippen LogP contribution in [0.15, 0.2) is 18.3 Å². The van der Waals surface area contributed by atoms with E-state index in [2.05, 4.69) is 27.6 Å². The average molecular weight is 263 g/mol. The molecule has 1 rings (SSSR count). The molecule has 0 fully saturated rings. The standard InChI is InChI=1S/C8H10INO/c1-2-11-8-7(6-9)4-3-5-10-8/h3-5H,2,6H2,1H3. The van der Waals surface area contributed by atoms with Crippen molar-refractivity contribution in [1.29, 1.82) is 0 Å². The minimum Gasteiger partial charge on any atom is -0.478 e. The van der Waals surface area contributed by atoms with Gasteiger partial charge in [0.25, 0.3) is 0 Å². The molecule has 1 heterocycles. The van der Waals surface area contributed by atoms with E-state index in [1.54, 1.807) is 6.20 Å². The zero-order valence-corrected chi connectivity index (χ0v) is 8.54. The largest absolute Gasteiger partial charge is 0.478 e. The number of pyridine rings is 1. The monoisotopic (exact) mass is 263 g/mol. The van der Waals surface area contributed by atoms with E-state index in [1.807, 2.05) is 19.1 Å². The Morgan fingerprint density at radius 3 is 3.09 bits per heavy atom. The second kappa shape index (κ2) is 4.54. The SMILES string of the molecule is CCOc1ncccc1CI. The van der Waals surface area contributed by atoms with Crippen LogP contribution in [0.1, 0.15) is 12.5 Å². The van der Waals surface area contributed by atoms with Gasteiger partial charge in [0.15, 0.2) is 0 Å². The molecule has 0 aliphatic rings. The lowest BCUT2D eigenvalue weighted by atomic mass is 10.3. The van der Waals surface area contributed by atoms with Gasteiger partial charge in [0.05, 0.1) is 6.61 Å². The molecule has 1 aromatic heterocycles. The van der Waals surface area contributed by atoms with Gasteiger partial charge in [-0.25, -0.2) is 4.98 Å². The van der Waals surface area contributed by atoms with Crippen LogP contribution < -0.4 is 4.74 Å². The van der Waals surface area contributed by atoms with Crippen LogP contribution in [-0.4, -0.2) is 11.6 Å². The van der Waals surface area contributed by atoms with Crippen LogP contribution in [0.4, 0.5) is 0 Å². The van der Waals surface area contributed by atoms with Crippen molar-refractivity contribution in [3.63, 3.8) is 0 Å². The molecule has 0 radical (unpaired) electrons. The number of aromatic nitrogens is 1. The minimum absolute atomic E-state index is 0.681. The summed E-state index contributed by atoms with van der Waals surface area (Å²) >= 11 is 2.30. The normalized spacial score (nSPS) is 9.64. The van der Waals surface area contributed by atoms with Crippen LogP contribution in [0.5, 0.6) is 5.88 Å². The van der Waals surface area contributed by atoms with E-state index in [0.29, 0.717) is 6.61 Å². The highest BCUT2D eigenvalue weighted by atomic mass is 127. The van der Waals surface area contributed by atoms with Crippen LogP contribution in [0, 0.1) is 0 Å². The van der Waals surface area contributed by atoms with Gasteiger partial charge in [0.2, 0.25) is 5.88 Å². The zero-order valence-electron chi connectivity index (χ0n) is 6.38. The Labute approximate surface area is 80.1 Å². The first-order valence-corrected chi connectivity index (χ1v) is 5.03. The summed E-state index contributed by atoms with van der Waals surface area (Å²) in [5, 5.41) is 0. The predicted octanol–water partition coefficient (Wildman–Crippen LogP) is 2.42. The molecular formula is C8H10INO. The van der Waals surface area contributed by atoms with E-state index >= 15 is 0 Å². The van der Waals surface area contributed by atoms with Gasteiger partial charge in [0.1, 0.15) is 0 Å². The summed E-state index contributed by atoms with van der Waals surface area (Å²) in [6.45, 7) is 2.65. The molecule has 0 atom stereocenters. The van der Waals surface area contributed by atoms with Crippen LogP contribution in [-0.2, 0) is 4.43 Å². The Bertz CT molecular complexity index is 227. The molecule has 1 aromatic rings. The molecule has 0 spiro atoms. The Morgan fingerprint density at radius 1 is 1.64 bits per heavy atom. The first kappa shape index (κ1) is 8.77. The Morgan fingerprint density at radius 2 is 2.45 bits per heavy atom. The lowest BCUT2D eigenvalue weighted by Crippen LogP contribution is -1.96. The maximum atomic E-state index is 5.31. The zero-order chi connectivity index (χ0) is 8.10. The molecule has 60 valence electrons. The van der Waals surface area contributed by atoms with E-state index in [9.17, 15) is 0 Å². The molecule has 0 aliphatic heterocycles. The number of halogens is 1. The number of hydrogen-bond donors (Lipinski definition) is 0. The van der Waals surface area contributed by atoms with Gasteiger partial charge in [-0.05, 0) is 13.0 Å². The first-order valence-electron chi connectivity index (χ1n) is 3.51. The number of rotatable bonds is 3. The summed E-state index contributed by atoms with van der Waals surface area (Å²) in [6, 6.07) is 3.96. The summed E-state index contributed by atoms with van der Waals surface area (Å²) < 4.78 is 6.26. The van der Waals surface area contributed by atoms with Crippen molar-refractivity contribution in [2.75, 3.05) is 6.61 Å². The highest BCUT2D eigenvalue weighted by Crippen LogP contribution is 2.16. The molecular weight excluding hydrogens is 253 g/mol. The fraction of sp³-hybridized carbons (Fsp3) is 0.375. The number of ether oxygens (including phenoxy) is 1. The fourth-order valence-corrected chi connectivity index (χ4v) is 1.37. The number of nitrogens with zero attached hydrogens (tertiary/aromatic N) is 1. The Balaban J connectivity index is 2.83. The van der Waals surface area contributed by atoms with Gasteiger partial charge < -0.3 is 4.74 Å². The number of hydrogen-bond acceptors (Lipinski definition) is 2. The van der Waals surface area contributed by atoms with Crippen molar-refractivity contribution < 1.29 is 4.74 Å². The van der Waals surface area contributed by atoms with E-state index in [1.165, 1.54) is 0 Å². The summed E-state index contributed by atoms with van der Waals surface area (Å²) in [4.78, 5) is 4.11. The third-order valence-electron chi connectivity index (χ3n) is 1.27. The van der Waals surface area contributed by atoms with E-state index in [4.69, 9.17) is 4.74 Å². The van der Waals surface area contributed by atoms with Crippen molar-refractivity contribution in [3.8, 4) is 5.88 Å². The average Bonchev–Trinajstić information content (AvgIpc) is 2.06. The Kier molecular flexibility index (Phi) is 3.62. The van der Waals surface area contributed by atoms with Crippen molar-refractivity contribution in [2.45, 2.75) is 11.4 Å². The molecule has 2 nitrogen and oxygen atoms in total. The van der Waals surface area contributed by atoms with Crippen LogP contribution >= 0.6 is 22.6 Å². The van der Waals surface area contributed by atoms with Gasteiger partial charge in [-0.1, -0.05) is 28.7 Å². The van der Waals surface area contributed by atoms with E-state index in [-0.39, 0.29) is 0 Å². The summed E-state index contributed by atoms with van der Waals surface area (Å²) in [7, 11) is 0. The molecule has 0 saturated carbocycles. The predicted molar refractivity (Wildman–Crippen MR) is 53.1 cm³/mol. The van der Waals surface area contributed by atoms with Gasteiger partial charge in [0, 0.05) is 16.2 Å². The third-order valence-corrected chi connectivity index (χ3v) is 2.10. The molecule has 0 N–H and O–H groups in total. The summed E-state index contributed by atoms with van der Waals surface area (Å²) in [5.74, 6) is 0.768. The lowest BCUT2D eigenvalue weighted by Gasteiger charge is -2.04. The fourth-order valence-electron chi connectivity index (χ4n) is 0.793. The molecule has 0 unspecified atom stereocenters. The van der Waals surface area contributed by atoms with Crippen LogP contribution in [0.2, 0.25) is 0 Å². The van der Waals surface area contributed by atoms with Gasteiger partial charge in [-0.2, -0.15) is 0 Å². The van der Waals surface area contributed by atoms with Crippen molar-refractivity contribution in [1.82, 2.24) is 4.98 Å². The van der Waals surface area contributed by atoms with E-state index in [0.717, 1.165) is 15.9 Å². The molecule has 0 bridgehead atoms. The van der Waals surface area contributed by atoms with Crippen LogP contribution in [0.25, 0.3) is 0 Å². The highest BCUT2D eigenvalue weighted by molar-refractivity contribution is 14.1. The van der Waals surface area contributed by atoms with Gasteiger partial charge in [-0.3, -0.25) is 0 Å². The molecule has 0 amide bonds. The first-order chi connectivity index (χ1) is 5.38. The maximum Gasteiger partial charge on any atom is 0.217 e. The summed E-state index contributed by atoms with van der Waals surface area (Å²) in [6.07, 6.45) is 1.75. The van der Waals surface area contributed by atoms with Gasteiger partial charge >= 0.3 is 0 Å². The second-order valence-electron chi connectivity index (χ2n) is 2.03.